The lowest BCUT2D eigenvalue weighted by atomic mass is 10.2. The number of hydrogen-bond donors (Lipinski definition) is 1. The van der Waals surface area contributed by atoms with Gasteiger partial charge < -0.3 is 4.74 Å². The van der Waals surface area contributed by atoms with E-state index in [1.54, 1.807) is 24.3 Å². The smallest absolute Gasteiger partial charge is 0.257 e. The number of para-hydroxylation sites is 1. The van der Waals surface area contributed by atoms with Crippen LogP contribution in [0.25, 0.3) is 10.2 Å². The molecule has 3 aromatic rings. The summed E-state index contributed by atoms with van der Waals surface area (Å²) in [5.41, 5.74) is 1.43. The van der Waals surface area contributed by atoms with Crippen LogP contribution in [0, 0.1) is 0 Å². The van der Waals surface area contributed by atoms with Crippen LogP contribution in [0.2, 0.25) is 0 Å². The van der Waals surface area contributed by atoms with Gasteiger partial charge in [0.25, 0.3) is 5.91 Å². The van der Waals surface area contributed by atoms with E-state index in [9.17, 15) is 4.79 Å². The van der Waals surface area contributed by atoms with Crippen molar-refractivity contribution in [2.75, 3.05) is 11.9 Å². The van der Waals surface area contributed by atoms with Crippen molar-refractivity contribution in [1.29, 1.82) is 0 Å². The molecule has 0 fully saturated rings. The highest BCUT2D eigenvalue weighted by Gasteiger charge is 2.11. The van der Waals surface area contributed by atoms with E-state index >= 15 is 0 Å². The zero-order chi connectivity index (χ0) is 15.5. The van der Waals surface area contributed by atoms with Crippen LogP contribution in [0.1, 0.15) is 17.3 Å². The van der Waals surface area contributed by atoms with Crippen molar-refractivity contribution in [2.45, 2.75) is 6.92 Å². The second-order valence-electron chi connectivity index (χ2n) is 4.52. The Hall–Kier alpha value is -1.92. The van der Waals surface area contributed by atoms with E-state index in [2.05, 4.69) is 26.2 Å². The van der Waals surface area contributed by atoms with Gasteiger partial charge in [-0.3, -0.25) is 10.1 Å². The summed E-state index contributed by atoms with van der Waals surface area (Å²) in [6.07, 6.45) is 0. The van der Waals surface area contributed by atoms with Crippen molar-refractivity contribution in [3.05, 3.63) is 52.5 Å². The Balaban J connectivity index is 1.79. The van der Waals surface area contributed by atoms with E-state index in [0.717, 1.165) is 20.4 Å². The Labute approximate surface area is 140 Å². The third kappa shape index (κ3) is 3.13. The molecule has 0 aliphatic heterocycles. The van der Waals surface area contributed by atoms with Gasteiger partial charge in [0.15, 0.2) is 5.13 Å². The third-order valence-corrected chi connectivity index (χ3v) is 4.59. The van der Waals surface area contributed by atoms with Crippen molar-refractivity contribution in [2.24, 2.45) is 0 Å². The lowest BCUT2D eigenvalue weighted by Crippen LogP contribution is -2.11. The van der Waals surface area contributed by atoms with Gasteiger partial charge in [-0.25, -0.2) is 4.98 Å². The van der Waals surface area contributed by atoms with Gasteiger partial charge >= 0.3 is 0 Å². The normalized spacial score (nSPS) is 10.6. The van der Waals surface area contributed by atoms with Crippen LogP contribution in [0.3, 0.4) is 0 Å². The molecule has 1 N–H and O–H groups in total. The Morgan fingerprint density at radius 2 is 2.05 bits per heavy atom. The van der Waals surface area contributed by atoms with Gasteiger partial charge in [-0.05, 0) is 59.3 Å². The Morgan fingerprint density at radius 1 is 1.27 bits per heavy atom. The average Bonchev–Trinajstić information content (AvgIpc) is 2.92. The summed E-state index contributed by atoms with van der Waals surface area (Å²) in [4.78, 5) is 16.7. The second-order valence-corrected chi connectivity index (χ2v) is 6.40. The van der Waals surface area contributed by atoms with Crippen LogP contribution >= 0.6 is 27.3 Å². The molecular formula is C16H13BrN2O2S. The zero-order valence-electron chi connectivity index (χ0n) is 11.8. The fraction of sp³-hybridized carbons (Fsp3) is 0.125. The summed E-state index contributed by atoms with van der Waals surface area (Å²) in [6, 6.07) is 12.9. The van der Waals surface area contributed by atoms with Crippen LogP contribution in [0.4, 0.5) is 5.13 Å². The minimum atomic E-state index is -0.182. The number of nitrogens with one attached hydrogen (secondary N) is 1. The number of carbonyl (C=O) groups excluding carboxylic acids is 1. The molecule has 0 radical (unpaired) electrons. The standard InChI is InChI=1S/C16H13BrN2O2S/c1-2-21-11-8-6-10(7-9-11)15(20)19-16-18-14-12(17)4-3-5-13(14)22-16/h3-9H,2H2,1H3,(H,18,19,20). The summed E-state index contributed by atoms with van der Waals surface area (Å²) in [7, 11) is 0. The first-order valence-corrected chi connectivity index (χ1v) is 8.37. The number of nitrogens with zero attached hydrogens (tertiary/aromatic N) is 1. The Kier molecular flexibility index (Phi) is 4.40. The molecule has 4 nitrogen and oxygen atoms in total. The molecule has 1 amide bonds. The molecule has 0 spiro atoms. The highest BCUT2D eigenvalue weighted by atomic mass is 79.9. The maximum absolute atomic E-state index is 12.2. The second kappa shape index (κ2) is 6.46. The van der Waals surface area contributed by atoms with Crippen molar-refractivity contribution in [3.63, 3.8) is 0 Å². The topological polar surface area (TPSA) is 51.2 Å². The van der Waals surface area contributed by atoms with Crippen LogP contribution in [0.15, 0.2) is 46.9 Å². The van der Waals surface area contributed by atoms with Crippen LogP contribution in [0.5, 0.6) is 5.75 Å². The van der Waals surface area contributed by atoms with Crippen molar-refractivity contribution in [3.8, 4) is 5.75 Å². The monoisotopic (exact) mass is 376 g/mol. The van der Waals surface area contributed by atoms with E-state index in [1.165, 1.54) is 11.3 Å². The number of fused-ring (bicyclic) bond motifs is 1. The van der Waals surface area contributed by atoms with E-state index < -0.39 is 0 Å². The fourth-order valence-corrected chi connectivity index (χ4v) is 3.48. The number of rotatable bonds is 4. The molecule has 112 valence electrons. The SMILES string of the molecule is CCOc1ccc(C(=O)Nc2nc3c(Br)cccc3s2)cc1. The molecule has 3 rings (SSSR count). The van der Waals surface area contributed by atoms with Crippen LogP contribution in [-0.2, 0) is 0 Å². The largest absolute Gasteiger partial charge is 0.494 e. The number of amides is 1. The molecule has 0 saturated carbocycles. The summed E-state index contributed by atoms with van der Waals surface area (Å²) < 4.78 is 7.31. The predicted octanol–water partition coefficient (Wildman–Crippen LogP) is 4.71. The number of benzene rings is 2. The van der Waals surface area contributed by atoms with E-state index in [0.29, 0.717) is 17.3 Å². The van der Waals surface area contributed by atoms with E-state index in [1.807, 2.05) is 25.1 Å². The molecule has 22 heavy (non-hydrogen) atoms. The fourth-order valence-electron chi connectivity index (χ4n) is 2.01. The molecule has 0 atom stereocenters. The highest BCUT2D eigenvalue weighted by Crippen LogP contribution is 2.31. The number of aromatic nitrogens is 1. The summed E-state index contributed by atoms with van der Waals surface area (Å²) in [6.45, 7) is 2.53. The first-order chi connectivity index (χ1) is 10.7. The van der Waals surface area contributed by atoms with Gasteiger partial charge in [0.05, 0.1) is 16.8 Å². The Bertz CT molecular complexity index is 815. The van der Waals surface area contributed by atoms with Crippen molar-refractivity contribution in [1.82, 2.24) is 4.98 Å². The van der Waals surface area contributed by atoms with Crippen LogP contribution < -0.4 is 10.1 Å². The molecule has 0 aliphatic rings. The minimum Gasteiger partial charge on any atom is -0.494 e. The predicted molar refractivity (Wildman–Crippen MR) is 92.9 cm³/mol. The van der Waals surface area contributed by atoms with Gasteiger partial charge in [0, 0.05) is 10.0 Å². The average molecular weight is 377 g/mol. The number of carbonyl (C=O) groups is 1. The van der Waals surface area contributed by atoms with Gasteiger partial charge in [-0.1, -0.05) is 17.4 Å². The zero-order valence-corrected chi connectivity index (χ0v) is 14.2. The maximum atomic E-state index is 12.2. The van der Waals surface area contributed by atoms with E-state index in [-0.39, 0.29) is 5.91 Å². The van der Waals surface area contributed by atoms with Crippen molar-refractivity contribution >= 4 is 48.5 Å². The molecule has 0 unspecified atom stereocenters. The molecule has 0 saturated heterocycles. The first kappa shape index (κ1) is 15.0. The summed E-state index contributed by atoms with van der Waals surface area (Å²) in [5, 5.41) is 3.42. The minimum absolute atomic E-state index is 0.182. The van der Waals surface area contributed by atoms with E-state index in [4.69, 9.17) is 4.74 Å². The molecule has 1 aromatic heterocycles. The summed E-state index contributed by atoms with van der Waals surface area (Å²) >= 11 is 4.91. The molecule has 2 aromatic carbocycles. The lowest BCUT2D eigenvalue weighted by molar-refractivity contribution is 0.102. The number of thiazole rings is 1. The third-order valence-electron chi connectivity index (χ3n) is 3.02. The molecule has 0 bridgehead atoms. The van der Waals surface area contributed by atoms with Crippen molar-refractivity contribution < 1.29 is 9.53 Å². The quantitative estimate of drug-likeness (QED) is 0.717. The highest BCUT2D eigenvalue weighted by molar-refractivity contribution is 9.10. The maximum Gasteiger partial charge on any atom is 0.257 e. The van der Waals surface area contributed by atoms with Gasteiger partial charge in [0.1, 0.15) is 5.75 Å². The van der Waals surface area contributed by atoms with Gasteiger partial charge in [-0.2, -0.15) is 0 Å². The summed E-state index contributed by atoms with van der Waals surface area (Å²) in [5.74, 6) is 0.571. The Morgan fingerprint density at radius 3 is 2.73 bits per heavy atom. The molecule has 0 aliphatic carbocycles. The number of ether oxygens (including phenoxy) is 1. The van der Waals surface area contributed by atoms with Gasteiger partial charge in [0.2, 0.25) is 0 Å². The number of anilines is 1. The number of hydrogen-bond acceptors (Lipinski definition) is 4. The first-order valence-electron chi connectivity index (χ1n) is 6.76. The van der Waals surface area contributed by atoms with Gasteiger partial charge in [-0.15, -0.1) is 0 Å². The molecule has 1 heterocycles. The number of halogens is 1. The lowest BCUT2D eigenvalue weighted by Gasteiger charge is -2.04. The van der Waals surface area contributed by atoms with Crippen LogP contribution in [-0.4, -0.2) is 17.5 Å². The molecular weight excluding hydrogens is 364 g/mol. The molecule has 6 heteroatoms.